The zero-order valence-corrected chi connectivity index (χ0v) is 18.9. The van der Waals surface area contributed by atoms with E-state index in [-0.39, 0.29) is 11.7 Å². The lowest BCUT2D eigenvalue weighted by molar-refractivity contribution is 0.0662. The first-order valence-electron chi connectivity index (χ1n) is 11.1. The molecule has 6 nitrogen and oxygen atoms in total. The third-order valence-corrected chi connectivity index (χ3v) is 7.91. The van der Waals surface area contributed by atoms with Crippen LogP contribution in [0, 0.1) is 0 Å². The van der Waals surface area contributed by atoms with Gasteiger partial charge in [0.25, 0.3) is 5.56 Å². The number of fused-ring (bicyclic) bond motifs is 3. The van der Waals surface area contributed by atoms with Crippen LogP contribution in [-0.2, 0) is 11.2 Å². The maximum atomic E-state index is 13.1. The van der Waals surface area contributed by atoms with Crippen molar-refractivity contribution in [1.82, 2.24) is 14.5 Å². The van der Waals surface area contributed by atoms with E-state index in [1.54, 1.807) is 18.0 Å². The zero-order valence-electron chi connectivity index (χ0n) is 18.1. The summed E-state index contributed by atoms with van der Waals surface area (Å²) in [6.07, 6.45) is 8.52. The Morgan fingerprint density at radius 3 is 2.61 bits per heavy atom. The zero-order chi connectivity index (χ0) is 21.4. The van der Waals surface area contributed by atoms with Gasteiger partial charge in [0.15, 0.2) is 0 Å². The summed E-state index contributed by atoms with van der Waals surface area (Å²) in [4.78, 5) is 21.3. The molecule has 7 heteroatoms. The largest absolute Gasteiger partial charge is 0.490 e. The van der Waals surface area contributed by atoms with Crippen molar-refractivity contribution in [2.75, 3.05) is 20.8 Å². The summed E-state index contributed by atoms with van der Waals surface area (Å²) in [6.45, 7) is 0.721. The summed E-state index contributed by atoms with van der Waals surface area (Å²) >= 11 is 1.54. The molecule has 2 aliphatic heterocycles. The molecule has 2 bridgehead atoms. The quantitative estimate of drug-likeness (QED) is 0.520. The summed E-state index contributed by atoms with van der Waals surface area (Å²) in [6, 6.07) is 11.2. The van der Waals surface area contributed by atoms with Gasteiger partial charge in [-0.15, -0.1) is 11.3 Å². The van der Waals surface area contributed by atoms with Crippen molar-refractivity contribution in [2.45, 2.75) is 56.7 Å². The summed E-state index contributed by atoms with van der Waals surface area (Å²) in [5.41, 5.74) is 1.56. The van der Waals surface area contributed by atoms with Crippen LogP contribution in [0.15, 0.2) is 41.5 Å². The lowest BCUT2D eigenvalue weighted by Crippen LogP contribution is -2.43. The molecule has 0 unspecified atom stereocenters. The minimum Gasteiger partial charge on any atom is -0.490 e. The molecule has 2 aromatic heterocycles. The standard InChI is InChI=1S/C24H29N3O3S/c1-26-17-5-6-18(26)13-20(12-17)30-19-9-7-16(8-10-19)27-15-25-22-14-21(4-3-11-29-2)31-23(22)24(27)28/h7-10,14-15,17-18,20H,3-6,11-13H2,1-2H3/t17-,18+,20+. The monoisotopic (exact) mass is 439 g/mol. The van der Waals surface area contributed by atoms with Crippen molar-refractivity contribution < 1.29 is 9.47 Å². The maximum Gasteiger partial charge on any atom is 0.275 e. The fourth-order valence-corrected chi connectivity index (χ4v) is 6.08. The number of hydrogen-bond acceptors (Lipinski definition) is 6. The number of aromatic nitrogens is 2. The molecule has 3 aromatic rings. The van der Waals surface area contributed by atoms with E-state index in [1.807, 2.05) is 30.3 Å². The Morgan fingerprint density at radius 2 is 1.90 bits per heavy atom. The number of nitrogens with zero attached hydrogens (tertiary/aromatic N) is 3. The van der Waals surface area contributed by atoms with Crippen LogP contribution in [0.2, 0.25) is 0 Å². The van der Waals surface area contributed by atoms with Gasteiger partial charge in [0.05, 0.1) is 11.2 Å². The average molecular weight is 440 g/mol. The van der Waals surface area contributed by atoms with E-state index < -0.39 is 0 Å². The number of aryl methyl sites for hydroxylation is 1. The molecular formula is C24H29N3O3S. The normalized spacial score (nSPS) is 23.5. The van der Waals surface area contributed by atoms with Gasteiger partial charge in [-0.3, -0.25) is 9.36 Å². The first-order chi connectivity index (χ1) is 15.1. The molecule has 0 radical (unpaired) electrons. The second-order valence-corrected chi connectivity index (χ2v) is 9.84. The molecule has 31 heavy (non-hydrogen) atoms. The van der Waals surface area contributed by atoms with E-state index in [0.717, 1.165) is 49.2 Å². The second kappa shape index (κ2) is 8.73. The van der Waals surface area contributed by atoms with E-state index >= 15 is 0 Å². The van der Waals surface area contributed by atoms with Gasteiger partial charge in [0.1, 0.15) is 22.9 Å². The van der Waals surface area contributed by atoms with Gasteiger partial charge < -0.3 is 14.4 Å². The van der Waals surface area contributed by atoms with E-state index in [9.17, 15) is 4.79 Å². The Kier molecular flexibility index (Phi) is 5.82. The molecule has 2 fully saturated rings. The molecule has 0 amide bonds. The topological polar surface area (TPSA) is 56.6 Å². The van der Waals surface area contributed by atoms with Gasteiger partial charge in [-0.25, -0.2) is 4.98 Å². The molecule has 2 saturated heterocycles. The summed E-state index contributed by atoms with van der Waals surface area (Å²) < 4.78 is 13.7. The highest BCUT2D eigenvalue weighted by Gasteiger charge is 2.39. The lowest BCUT2D eigenvalue weighted by atomic mass is 10.0. The molecule has 0 spiro atoms. The third-order valence-electron chi connectivity index (χ3n) is 6.73. The maximum absolute atomic E-state index is 13.1. The van der Waals surface area contributed by atoms with Crippen LogP contribution in [0.3, 0.4) is 0 Å². The molecular weight excluding hydrogens is 410 g/mol. The van der Waals surface area contributed by atoms with Crippen molar-refractivity contribution in [3.05, 3.63) is 51.9 Å². The Morgan fingerprint density at radius 1 is 1.16 bits per heavy atom. The predicted octanol–water partition coefficient (Wildman–Crippen LogP) is 4.03. The van der Waals surface area contributed by atoms with Crippen molar-refractivity contribution in [3.63, 3.8) is 0 Å². The number of rotatable bonds is 7. The summed E-state index contributed by atoms with van der Waals surface area (Å²) in [7, 11) is 3.95. The fourth-order valence-electron chi connectivity index (χ4n) is 5.00. The molecule has 2 aliphatic rings. The molecule has 1 aromatic carbocycles. The van der Waals surface area contributed by atoms with Gasteiger partial charge in [0, 0.05) is 30.7 Å². The highest BCUT2D eigenvalue weighted by Crippen LogP contribution is 2.36. The first kappa shape index (κ1) is 20.7. The number of ether oxygens (including phenoxy) is 2. The number of benzene rings is 1. The van der Waals surface area contributed by atoms with E-state index in [0.29, 0.717) is 16.8 Å². The van der Waals surface area contributed by atoms with Crippen LogP contribution < -0.4 is 10.3 Å². The van der Waals surface area contributed by atoms with Crippen LogP contribution in [-0.4, -0.2) is 53.4 Å². The SMILES string of the molecule is COCCCc1cc2ncn(-c3ccc(O[C@H]4C[C@H]5CC[C@@H](C4)N5C)cc3)c(=O)c2s1. The van der Waals surface area contributed by atoms with Crippen LogP contribution >= 0.6 is 11.3 Å². The van der Waals surface area contributed by atoms with Crippen LogP contribution in [0.5, 0.6) is 5.75 Å². The van der Waals surface area contributed by atoms with Crippen LogP contribution in [0.4, 0.5) is 0 Å². The van der Waals surface area contributed by atoms with Crippen LogP contribution in [0.1, 0.15) is 37.0 Å². The Hall–Kier alpha value is -2.22. The molecule has 4 heterocycles. The average Bonchev–Trinajstić information content (AvgIpc) is 3.26. The summed E-state index contributed by atoms with van der Waals surface area (Å²) in [5, 5.41) is 0. The predicted molar refractivity (Wildman–Crippen MR) is 124 cm³/mol. The second-order valence-electron chi connectivity index (χ2n) is 8.70. The molecule has 0 aliphatic carbocycles. The van der Waals surface area contributed by atoms with Crippen LogP contribution in [0.25, 0.3) is 15.9 Å². The molecule has 3 atom stereocenters. The molecule has 164 valence electrons. The fraction of sp³-hybridized carbons (Fsp3) is 0.500. The van der Waals surface area contributed by atoms with Gasteiger partial charge in [0.2, 0.25) is 0 Å². The first-order valence-corrected chi connectivity index (χ1v) is 11.9. The Labute approximate surface area is 186 Å². The van der Waals surface area contributed by atoms with Gasteiger partial charge >= 0.3 is 0 Å². The molecule has 0 saturated carbocycles. The van der Waals surface area contributed by atoms with E-state index in [1.165, 1.54) is 29.1 Å². The minimum absolute atomic E-state index is 0.0199. The van der Waals surface area contributed by atoms with Crippen molar-refractivity contribution in [3.8, 4) is 11.4 Å². The van der Waals surface area contributed by atoms with Crippen molar-refractivity contribution in [2.24, 2.45) is 0 Å². The third kappa shape index (κ3) is 4.14. The highest BCUT2D eigenvalue weighted by molar-refractivity contribution is 7.18. The smallest absolute Gasteiger partial charge is 0.275 e. The molecule has 0 N–H and O–H groups in total. The van der Waals surface area contributed by atoms with E-state index in [4.69, 9.17) is 9.47 Å². The number of methoxy groups -OCH3 is 1. The summed E-state index contributed by atoms with van der Waals surface area (Å²) in [5.74, 6) is 0.872. The van der Waals surface area contributed by atoms with Gasteiger partial charge in [-0.05, 0) is 75.9 Å². The number of thiophene rings is 1. The highest BCUT2D eigenvalue weighted by atomic mass is 32.1. The number of hydrogen-bond donors (Lipinski definition) is 0. The molecule has 5 rings (SSSR count). The minimum atomic E-state index is -0.0199. The van der Waals surface area contributed by atoms with E-state index in [2.05, 4.69) is 16.9 Å². The van der Waals surface area contributed by atoms with Gasteiger partial charge in [-0.2, -0.15) is 0 Å². The van der Waals surface area contributed by atoms with Crippen molar-refractivity contribution in [1.29, 1.82) is 0 Å². The Balaban J connectivity index is 1.31. The van der Waals surface area contributed by atoms with Crippen molar-refractivity contribution >= 4 is 21.6 Å². The van der Waals surface area contributed by atoms with Gasteiger partial charge in [-0.1, -0.05) is 0 Å². The number of piperidine rings is 1. The Bertz CT molecular complexity index is 1090. The lowest BCUT2D eigenvalue weighted by Gasteiger charge is -2.36.